The van der Waals surface area contributed by atoms with Gasteiger partial charge in [-0.1, -0.05) is 18.2 Å². The van der Waals surface area contributed by atoms with E-state index >= 15 is 0 Å². The van der Waals surface area contributed by atoms with Gasteiger partial charge in [-0.25, -0.2) is 0 Å². The monoisotopic (exact) mass is 442 g/mol. The van der Waals surface area contributed by atoms with Crippen molar-refractivity contribution in [2.75, 3.05) is 13.2 Å². The molecule has 0 spiro atoms. The minimum atomic E-state index is -0.412. The van der Waals surface area contributed by atoms with Crippen LogP contribution in [0.15, 0.2) is 60.4 Å². The average molecular weight is 442 g/mol. The lowest BCUT2D eigenvalue weighted by atomic mass is 9.84. The van der Waals surface area contributed by atoms with E-state index in [4.69, 9.17) is 18.9 Å². The van der Waals surface area contributed by atoms with Gasteiger partial charge in [0.25, 0.3) is 0 Å². The Hall–Kier alpha value is -4.26. The molecule has 0 unspecified atom stereocenters. The largest absolute Gasteiger partial charge is 0.508 e. The molecule has 3 aliphatic rings. The van der Waals surface area contributed by atoms with Crippen LogP contribution in [-0.2, 0) is 4.79 Å². The molecule has 1 atom stereocenters. The second-order valence-electron chi connectivity index (χ2n) is 8.02. The number of rotatable bonds is 2. The summed E-state index contributed by atoms with van der Waals surface area (Å²) >= 11 is 0. The van der Waals surface area contributed by atoms with Crippen LogP contribution < -0.4 is 18.9 Å². The van der Waals surface area contributed by atoms with E-state index in [2.05, 4.69) is 0 Å². The van der Waals surface area contributed by atoms with E-state index in [0.29, 0.717) is 47.3 Å². The van der Waals surface area contributed by atoms with Gasteiger partial charge in [-0.3, -0.25) is 9.59 Å². The first-order chi connectivity index (χ1) is 16.1. The van der Waals surface area contributed by atoms with Crippen LogP contribution >= 0.6 is 0 Å². The first-order valence-corrected chi connectivity index (χ1v) is 10.6. The van der Waals surface area contributed by atoms with Gasteiger partial charge in [-0.05, 0) is 53.6 Å². The van der Waals surface area contributed by atoms with Crippen molar-refractivity contribution in [3.8, 4) is 28.7 Å². The summed E-state index contributed by atoms with van der Waals surface area (Å²) in [4.78, 5) is 25.4. The number of benzene rings is 3. The van der Waals surface area contributed by atoms with E-state index in [1.165, 1.54) is 0 Å². The number of phenolic OH excluding ortho intramolecular Hbond substituents is 1. The molecule has 0 saturated heterocycles. The highest BCUT2D eigenvalue weighted by Gasteiger charge is 2.38. The Morgan fingerprint density at radius 2 is 1.70 bits per heavy atom. The molecule has 0 amide bonds. The summed E-state index contributed by atoms with van der Waals surface area (Å²) in [5, 5.41) is 9.95. The van der Waals surface area contributed by atoms with Gasteiger partial charge in [-0.2, -0.15) is 0 Å². The maximum Gasteiger partial charge on any atom is 0.312 e. The highest BCUT2D eigenvalue weighted by atomic mass is 16.6. The van der Waals surface area contributed by atoms with Crippen LogP contribution in [0.5, 0.6) is 28.7 Å². The lowest BCUT2D eigenvalue weighted by Crippen LogP contribution is -2.21. The Morgan fingerprint density at radius 3 is 2.55 bits per heavy atom. The summed E-state index contributed by atoms with van der Waals surface area (Å²) in [6, 6.07) is 15.4. The second kappa shape index (κ2) is 7.41. The maximum atomic E-state index is 13.1. The first-order valence-electron chi connectivity index (χ1n) is 10.6. The number of ether oxygens (including phenoxy) is 4. The summed E-state index contributed by atoms with van der Waals surface area (Å²) in [5.41, 5.74) is 2.50. The zero-order valence-electron chi connectivity index (χ0n) is 17.4. The predicted molar refractivity (Wildman–Crippen MR) is 117 cm³/mol. The fraction of sp³-hybridized carbons (Fsp3) is 0.154. The van der Waals surface area contributed by atoms with Crippen molar-refractivity contribution < 1.29 is 33.6 Å². The molecule has 3 aromatic rings. The lowest BCUT2D eigenvalue weighted by molar-refractivity contribution is -0.135. The molecule has 0 saturated carbocycles. The molecule has 3 heterocycles. The van der Waals surface area contributed by atoms with E-state index in [-0.39, 0.29) is 29.7 Å². The highest BCUT2D eigenvalue weighted by Crippen LogP contribution is 2.49. The van der Waals surface area contributed by atoms with Gasteiger partial charge < -0.3 is 24.1 Å². The van der Waals surface area contributed by atoms with E-state index in [0.717, 1.165) is 11.1 Å². The molecule has 0 aromatic heterocycles. The molecule has 3 aromatic carbocycles. The van der Waals surface area contributed by atoms with Gasteiger partial charge in [0.2, 0.25) is 5.78 Å². The number of Topliss-reactive ketones (excluding diaryl/α,β-unsaturated/α-hetero) is 1. The molecule has 0 bridgehead atoms. The summed E-state index contributed by atoms with van der Waals surface area (Å²) in [6.45, 7) is 0.968. The third-order valence-corrected chi connectivity index (χ3v) is 5.92. The van der Waals surface area contributed by atoms with E-state index in [9.17, 15) is 14.7 Å². The molecule has 0 aliphatic carbocycles. The van der Waals surface area contributed by atoms with Gasteiger partial charge in [0.15, 0.2) is 17.3 Å². The van der Waals surface area contributed by atoms with Crippen molar-refractivity contribution in [3.05, 3.63) is 82.6 Å². The van der Waals surface area contributed by atoms with E-state index in [1.807, 2.05) is 12.1 Å². The summed E-state index contributed by atoms with van der Waals surface area (Å²) in [6.07, 6.45) is 1.73. The number of ketones is 1. The molecule has 6 rings (SSSR count). The molecular weight excluding hydrogens is 424 g/mol. The number of hydrogen-bond donors (Lipinski definition) is 1. The van der Waals surface area contributed by atoms with Crippen LogP contribution in [0.3, 0.4) is 0 Å². The van der Waals surface area contributed by atoms with Crippen LogP contribution in [0.1, 0.15) is 39.4 Å². The molecular formula is C26H18O7. The number of allylic oxidation sites excluding steroid dienone is 1. The average Bonchev–Trinajstić information content (AvgIpc) is 3.13. The smallest absolute Gasteiger partial charge is 0.312 e. The number of aromatic hydroxyl groups is 1. The van der Waals surface area contributed by atoms with Crippen molar-refractivity contribution in [3.63, 3.8) is 0 Å². The van der Waals surface area contributed by atoms with Crippen LogP contribution in [0.4, 0.5) is 0 Å². The second-order valence-corrected chi connectivity index (χ2v) is 8.02. The molecule has 3 aliphatic heterocycles. The fourth-order valence-electron chi connectivity index (χ4n) is 4.43. The summed E-state index contributed by atoms with van der Waals surface area (Å²) < 4.78 is 22.7. The minimum absolute atomic E-state index is 0.0751. The topological polar surface area (TPSA) is 91.3 Å². The number of hydrogen-bond acceptors (Lipinski definition) is 7. The normalized spacial score (nSPS) is 19.5. The third kappa shape index (κ3) is 3.29. The van der Waals surface area contributed by atoms with Gasteiger partial charge in [0.1, 0.15) is 30.5 Å². The number of phenols is 1. The molecule has 0 fully saturated rings. The van der Waals surface area contributed by atoms with Gasteiger partial charge in [-0.15, -0.1) is 0 Å². The van der Waals surface area contributed by atoms with Crippen molar-refractivity contribution in [1.29, 1.82) is 0 Å². The molecule has 7 heteroatoms. The quantitative estimate of drug-likeness (QED) is 0.361. The maximum absolute atomic E-state index is 13.1. The standard InChI is InChI=1S/C26H18O7/c27-16-3-1-2-15(12-16)18-13-23(28)32-20-7-5-17-25(29)22(33-26(17)24(18)20)11-14-4-6-19-21(10-14)31-9-8-30-19/h1-7,10-12,18,27H,8-9,13H2/b22-11-/t18-/m0/s1. The first kappa shape index (κ1) is 19.4. The Bertz CT molecular complexity index is 1350. The zero-order chi connectivity index (χ0) is 22.5. The van der Waals surface area contributed by atoms with Crippen LogP contribution in [0.25, 0.3) is 6.08 Å². The molecule has 7 nitrogen and oxygen atoms in total. The van der Waals surface area contributed by atoms with Crippen LogP contribution in [0, 0.1) is 0 Å². The van der Waals surface area contributed by atoms with Gasteiger partial charge in [0, 0.05) is 11.5 Å². The predicted octanol–water partition coefficient (Wildman–Crippen LogP) is 4.22. The minimum Gasteiger partial charge on any atom is -0.508 e. The molecule has 164 valence electrons. The highest BCUT2D eigenvalue weighted by molar-refractivity contribution is 6.15. The molecule has 33 heavy (non-hydrogen) atoms. The van der Waals surface area contributed by atoms with E-state index < -0.39 is 5.92 Å². The lowest BCUT2D eigenvalue weighted by Gasteiger charge is -2.26. The number of esters is 1. The molecule has 0 radical (unpaired) electrons. The Labute approximate surface area is 188 Å². The number of carbonyl (C=O) groups is 2. The summed E-state index contributed by atoms with van der Waals surface area (Å²) in [5.74, 6) is 1.22. The van der Waals surface area contributed by atoms with Crippen molar-refractivity contribution >= 4 is 17.8 Å². The van der Waals surface area contributed by atoms with Crippen molar-refractivity contribution in [2.45, 2.75) is 12.3 Å². The van der Waals surface area contributed by atoms with Gasteiger partial charge in [0.05, 0.1) is 12.0 Å². The van der Waals surface area contributed by atoms with Crippen LogP contribution in [0.2, 0.25) is 0 Å². The van der Waals surface area contributed by atoms with Gasteiger partial charge >= 0.3 is 5.97 Å². The fourth-order valence-corrected chi connectivity index (χ4v) is 4.43. The van der Waals surface area contributed by atoms with Crippen molar-refractivity contribution in [2.24, 2.45) is 0 Å². The Kier molecular flexibility index (Phi) is 4.36. The third-order valence-electron chi connectivity index (χ3n) is 5.92. The van der Waals surface area contributed by atoms with Crippen molar-refractivity contribution in [1.82, 2.24) is 0 Å². The number of fused-ring (bicyclic) bond motifs is 4. The van der Waals surface area contributed by atoms with E-state index in [1.54, 1.807) is 48.5 Å². The summed E-state index contributed by atoms with van der Waals surface area (Å²) in [7, 11) is 0. The number of carbonyl (C=O) groups excluding carboxylic acids is 2. The zero-order valence-corrected chi connectivity index (χ0v) is 17.4. The Morgan fingerprint density at radius 1 is 0.879 bits per heavy atom. The molecule has 1 N–H and O–H groups in total. The van der Waals surface area contributed by atoms with Crippen LogP contribution in [-0.4, -0.2) is 30.1 Å². The SMILES string of the molecule is O=C1C[C@@H](c2cccc(O)c2)c2c(ccc3c2O/C(=C\c2ccc4c(c2)OCCO4)C3=O)O1. The Balaban J connectivity index is 1.42.